The van der Waals surface area contributed by atoms with Gasteiger partial charge >= 0.3 is 0 Å². The molecule has 1 aromatic heterocycles. The number of aromatic nitrogens is 2. The highest BCUT2D eigenvalue weighted by Gasteiger charge is 2.44. The molecule has 3 aliphatic rings. The van der Waals surface area contributed by atoms with Crippen molar-refractivity contribution in [3.8, 4) is 0 Å². The normalized spacial score (nSPS) is 20.4. The van der Waals surface area contributed by atoms with Gasteiger partial charge in [0.2, 0.25) is 11.8 Å². The van der Waals surface area contributed by atoms with E-state index >= 15 is 0 Å². The second kappa shape index (κ2) is 6.77. The Labute approximate surface area is 171 Å². The lowest BCUT2D eigenvalue weighted by atomic mass is 10.0. The summed E-state index contributed by atoms with van der Waals surface area (Å²) in [5, 5.41) is 13.3. The standard InChI is InChI=1S/C20H20N6O4/c1-25-17(13-8-21-9-14(13)24-25)22-7-10-2-3-11-12(6-10)20(30)26(19(11)29)15-4-5-16(27)23-18(15)28/h2-3,6,15,21-22H,4-5,7-9H2,1H3,(H,23,27,28). The van der Waals surface area contributed by atoms with E-state index in [4.69, 9.17) is 0 Å². The Hall–Kier alpha value is -3.53. The number of nitrogens with one attached hydrogen (secondary N) is 3. The van der Waals surface area contributed by atoms with Crippen LogP contribution in [0, 0.1) is 0 Å². The van der Waals surface area contributed by atoms with Gasteiger partial charge in [-0.2, -0.15) is 5.10 Å². The fraction of sp³-hybridized carbons (Fsp3) is 0.350. The molecule has 0 aliphatic carbocycles. The summed E-state index contributed by atoms with van der Waals surface area (Å²) in [6.07, 6.45) is 0.243. The highest BCUT2D eigenvalue weighted by atomic mass is 16.2. The molecule has 4 heterocycles. The maximum Gasteiger partial charge on any atom is 0.262 e. The third-order valence-electron chi connectivity index (χ3n) is 5.79. The largest absolute Gasteiger partial charge is 0.366 e. The third-order valence-corrected chi connectivity index (χ3v) is 5.79. The predicted molar refractivity (Wildman–Crippen MR) is 104 cm³/mol. The van der Waals surface area contributed by atoms with Gasteiger partial charge in [0.25, 0.3) is 11.8 Å². The highest BCUT2D eigenvalue weighted by Crippen LogP contribution is 2.29. The van der Waals surface area contributed by atoms with Gasteiger partial charge in [0.1, 0.15) is 11.9 Å². The van der Waals surface area contributed by atoms with Crippen LogP contribution in [-0.2, 0) is 36.3 Å². The minimum atomic E-state index is -0.957. The molecule has 1 fully saturated rings. The Morgan fingerprint density at radius 3 is 2.73 bits per heavy atom. The van der Waals surface area contributed by atoms with E-state index in [0.29, 0.717) is 6.54 Å². The molecule has 1 unspecified atom stereocenters. The molecule has 0 bridgehead atoms. The molecule has 5 rings (SSSR count). The Morgan fingerprint density at radius 2 is 1.93 bits per heavy atom. The molecule has 10 heteroatoms. The summed E-state index contributed by atoms with van der Waals surface area (Å²) < 4.78 is 1.80. The molecular formula is C20H20N6O4. The van der Waals surface area contributed by atoms with Gasteiger partial charge in [-0.25, -0.2) is 0 Å². The predicted octanol–water partition coefficient (Wildman–Crippen LogP) is 0.0366. The number of rotatable bonds is 4. The van der Waals surface area contributed by atoms with Crippen LogP contribution in [0.3, 0.4) is 0 Å². The van der Waals surface area contributed by atoms with E-state index in [0.717, 1.165) is 40.6 Å². The van der Waals surface area contributed by atoms with Crippen LogP contribution in [-0.4, -0.2) is 44.4 Å². The van der Waals surface area contributed by atoms with Gasteiger partial charge < -0.3 is 10.6 Å². The number of fused-ring (bicyclic) bond motifs is 2. The average Bonchev–Trinajstić information content (AvgIpc) is 3.34. The van der Waals surface area contributed by atoms with E-state index in [1.165, 1.54) is 0 Å². The molecule has 30 heavy (non-hydrogen) atoms. The number of benzene rings is 1. The molecule has 1 saturated heterocycles. The third kappa shape index (κ3) is 2.79. The Morgan fingerprint density at radius 1 is 1.13 bits per heavy atom. The first-order valence-electron chi connectivity index (χ1n) is 9.78. The molecule has 1 atom stereocenters. The monoisotopic (exact) mass is 408 g/mol. The van der Waals surface area contributed by atoms with Crippen LogP contribution >= 0.6 is 0 Å². The highest BCUT2D eigenvalue weighted by molar-refractivity contribution is 6.23. The van der Waals surface area contributed by atoms with Gasteiger partial charge in [0, 0.05) is 38.7 Å². The van der Waals surface area contributed by atoms with E-state index in [9.17, 15) is 19.2 Å². The molecule has 2 aromatic rings. The lowest BCUT2D eigenvalue weighted by Gasteiger charge is -2.27. The van der Waals surface area contributed by atoms with Gasteiger partial charge in [-0.3, -0.25) is 34.1 Å². The topological polar surface area (TPSA) is 125 Å². The summed E-state index contributed by atoms with van der Waals surface area (Å²) in [7, 11) is 1.88. The molecule has 0 saturated carbocycles. The minimum absolute atomic E-state index is 0.100. The molecule has 3 N–H and O–H groups in total. The van der Waals surface area contributed by atoms with Crippen molar-refractivity contribution in [1.29, 1.82) is 0 Å². The summed E-state index contributed by atoms with van der Waals surface area (Å²) in [5.41, 5.74) is 3.55. The van der Waals surface area contributed by atoms with Crippen molar-refractivity contribution < 1.29 is 19.2 Å². The number of carbonyl (C=O) groups excluding carboxylic acids is 4. The quantitative estimate of drug-likeness (QED) is 0.610. The number of amides is 4. The molecular weight excluding hydrogens is 388 g/mol. The summed E-state index contributed by atoms with van der Waals surface area (Å²) in [6.45, 7) is 1.96. The Balaban J connectivity index is 1.36. The smallest absolute Gasteiger partial charge is 0.262 e. The van der Waals surface area contributed by atoms with Gasteiger partial charge in [-0.1, -0.05) is 6.07 Å². The zero-order valence-electron chi connectivity index (χ0n) is 16.3. The van der Waals surface area contributed by atoms with Crippen molar-refractivity contribution in [3.05, 3.63) is 46.1 Å². The molecule has 4 amide bonds. The Bertz CT molecular complexity index is 1120. The van der Waals surface area contributed by atoms with Crippen LogP contribution in [0.15, 0.2) is 18.2 Å². The molecule has 154 valence electrons. The van der Waals surface area contributed by atoms with Crippen molar-refractivity contribution in [1.82, 2.24) is 25.3 Å². The van der Waals surface area contributed by atoms with Crippen LogP contribution in [0.25, 0.3) is 0 Å². The number of imide groups is 2. The van der Waals surface area contributed by atoms with E-state index in [2.05, 4.69) is 21.0 Å². The van der Waals surface area contributed by atoms with Crippen LogP contribution in [0.5, 0.6) is 0 Å². The SMILES string of the molecule is Cn1nc2c(c1NCc1ccc3c(c1)C(=O)N(C1CCC(=O)NC1=O)C3=O)CNC2. The van der Waals surface area contributed by atoms with Crippen LogP contribution < -0.4 is 16.0 Å². The molecule has 1 aromatic carbocycles. The van der Waals surface area contributed by atoms with Crippen LogP contribution in [0.1, 0.15) is 50.4 Å². The molecule has 3 aliphatic heterocycles. The summed E-state index contributed by atoms with van der Waals surface area (Å²) in [5.74, 6) is -1.08. The number of anilines is 1. The molecule has 0 spiro atoms. The van der Waals surface area contributed by atoms with Gasteiger partial charge in [-0.05, 0) is 24.1 Å². The van der Waals surface area contributed by atoms with Crippen molar-refractivity contribution in [2.45, 2.75) is 38.5 Å². The Kier molecular flexibility index (Phi) is 4.17. The van der Waals surface area contributed by atoms with Crippen molar-refractivity contribution >= 4 is 29.4 Å². The second-order valence-corrected chi connectivity index (χ2v) is 7.68. The number of aryl methyl sites for hydroxylation is 1. The first-order chi connectivity index (χ1) is 14.4. The van der Waals surface area contributed by atoms with Crippen LogP contribution in [0.4, 0.5) is 5.82 Å². The number of hydrogen-bond acceptors (Lipinski definition) is 7. The summed E-state index contributed by atoms with van der Waals surface area (Å²) in [4.78, 5) is 50.2. The molecule has 10 nitrogen and oxygen atoms in total. The zero-order chi connectivity index (χ0) is 21.0. The number of carbonyl (C=O) groups is 4. The van der Waals surface area contributed by atoms with E-state index in [1.807, 2.05) is 7.05 Å². The maximum atomic E-state index is 12.9. The molecule has 0 radical (unpaired) electrons. The first-order valence-corrected chi connectivity index (χ1v) is 9.78. The number of nitrogens with zero attached hydrogens (tertiary/aromatic N) is 3. The lowest BCUT2D eigenvalue weighted by Crippen LogP contribution is -2.54. The number of hydrogen-bond donors (Lipinski definition) is 3. The van der Waals surface area contributed by atoms with Gasteiger partial charge in [0.05, 0.1) is 16.8 Å². The summed E-state index contributed by atoms with van der Waals surface area (Å²) in [6, 6.07) is 4.14. The average molecular weight is 408 g/mol. The fourth-order valence-corrected chi connectivity index (χ4v) is 4.29. The van der Waals surface area contributed by atoms with Gasteiger partial charge in [-0.15, -0.1) is 0 Å². The van der Waals surface area contributed by atoms with E-state index in [1.54, 1.807) is 22.9 Å². The fourth-order valence-electron chi connectivity index (χ4n) is 4.29. The van der Waals surface area contributed by atoms with E-state index < -0.39 is 29.7 Å². The minimum Gasteiger partial charge on any atom is -0.366 e. The van der Waals surface area contributed by atoms with Crippen LogP contribution in [0.2, 0.25) is 0 Å². The maximum absolute atomic E-state index is 12.9. The van der Waals surface area contributed by atoms with Crippen molar-refractivity contribution in [3.63, 3.8) is 0 Å². The lowest BCUT2D eigenvalue weighted by molar-refractivity contribution is -0.136. The van der Waals surface area contributed by atoms with Crippen molar-refractivity contribution in [2.75, 3.05) is 5.32 Å². The second-order valence-electron chi connectivity index (χ2n) is 7.68. The van der Waals surface area contributed by atoms with Gasteiger partial charge in [0.15, 0.2) is 0 Å². The summed E-state index contributed by atoms with van der Waals surface area (Å²) >= 11 is 0. The first kappa shape index (κ1) is 18.5. The number of piperidine rings is 1. The van der Waals surface area contributed by atoms with E-state index in [-0.39, 0.29) is 24.0 Å². The van der Waals surface area contributed by atoms with Crippen molar-refractivity contribution in [2.24, 2.45) is 7.05 Å². The zero-order valence-corrected chi connectivity index (χ0v) is 16.3.